The third-order valence-electron chi connectivity index (χ3n) is 2.79. The van der Waals surface area contributed by atoms with E-state index in [4.69, 9.17) is 24.6 Å². The van der Waals surface area contributed by atoms with Gasteiger partial charge in [-0.05, 0) is 47.5 Å². The van der Waals surface area contributed by atoms with Gasteiger partial charge in [0.2, 0.25) is 0 Å². The smallest absolute Gasteiger partial charge is 0.485 e. The zero-order chi connectivity index (χ0) is 18.5. The molecule has 132 valence electrons. The average molecular weight is 399 g/mol. The first-order valence-corrected chi connectivity index (χ1v) is 10.2. The van der Waals surface area contributed by atoms with Crippen LogP contribution in [0.15, 0.2) is 53.4 Å². The molecule has 0 unspecified atom stereocenters. The van der Waals surface area contributed by atoms with Crippen LogP contribution in [0.5, 0.6) is 0 Å². The van der Waals surface area contributed by atoms with Gasteiger partial charge in [-0.1, -0.05) is 23.7 Å². The van der Waals surface area contributed by atoms with Crippen LogP contribution in [0.1, 0.15) is 0 Å². The Labute approximate surface area is 146 Å². The van der Waals surface area contributed by atoms with Crippen LogP contribution in [0.2, 0.25) is 5.02 Å². The molecule has 0 radical (unpaired) electrons. The molecule has 0 saturated heterocycles. The molecule has 0 saturated carbocycles. The lowest BCUT2D eigenvalue weighted by molar-refractivity contribution is -0.0517. The molecular weight excluding hydrogens is 385 g/mol. The molecule has 0 bridgehead atoms. The van der Waals surface area contributed by atoms with Gasteiger partial charge in [-0.25, -0.2) is 8.42 Å². The quantitative estimate of drug-likeness (QED) is 0.430. The van der Waals surface area contributed by atoms with E-state index in [9.17, 15) is 13.2 Å². The average Bonchev–Trinajstić information content (AvgIpc) is 2.47. The summed E-state index contributed by atoms with van der Waals surface area (Å²) in [6.07, 6.45) is 4.47. The normalized spacial score (nSPS) is 11.8. The van der Waals surface area contributed by atoms with Gasteiger partial charge in [-0.15, -0.1) is 0 Å². The molecule has 0 heterocycles. The van der Waals surface area contributed by atoms with Crippen molar-refractivity contribution >= 4 is 32.6 Å². The summed E-state index contributed by atoms with van der Waals surface area (Å²) in [4.78, 5) is 1.40. The molecule has 0 fully saturated rings. The zero-order valence-electron chi connectivity index (χ0n) is 12.7. The van der Waals surface area contributed by atoms with Gasteiger partial charge in [-0.3, -0.25) is 0 Å². The van der Waals surface area contributed by atoms with Crippen molar-refractivity contribution in [1.29, 1.82) is 0 Å². The van der Waals surface area contributed by atoms with Crippen LogP contribution in [0.25, 0.3) is 11.1 Å². The predicted molar refractivity (Wildman–Crippen MR) is 90.1 cm³/mol. The Kier molecular flexibility index (Phi) is 7.15. The molecule has 0 aromatic heterocycles. The van der Waals surface area contributed by atoms with Crippen molar-refractivity contribution in [3.05, 3.63) is 53.6 Å². The number of hydrogen-bond donors (Lipinski definition) is 0. The second kappa shape index (κ2) is 8.24. The van der Waals surface area contributed by atoms with E-state index in [1.807, 2.05) is 12.1 Å². The Morgan fingerprint density at radius 3 is 1.54 bits per heavy atom. The van der Waals surface area contributed by atoms with Gasteiger partial charge >= 0.3 is 5.51 Å². The Balaban J connectivity index is 0.000000307. The van der Waals surface area contributed by atoms with E-state index in [2.05, 4.69) is 48.9 Å². The van der Waals surface area contributed by atoms with Crippen molar-refractivity contribution in [2.75, 3.05) is 12.5 Å². The van der Waals surface area contributed by atoms with E-state index in [-0.39, 0.29) is 0 Å². The minimum Gasteiger partial charge on any atom is -0.741 e. The van der Waals surface area contributed by atoms with Crippen molar-refractivity contribution in [3.8, 4) is 11.1 Å². The van der Waals surface area contributed by atoms with Gasteiger partial charge < -0.3 is 4.55 Å². The van der Waals surface area contributed by atoms with E-state index in [1.54, 1.807) is 0 Å². The Bertz CT molecular complexity index is 756. The molecule has 0 N–H and O–H groups in total. The van der Waals surface area contributed by atoms with Crippen molar-refractivity contribution in [2.45, 2.75) is 10.4 Å². The van der Waals surface area contributed by atoms with Gasteiger partial charge in [0.05, 0.1) is 0 Å². The van der Waals surface area contributed by atoms with Crippen LogP contribution >= 0.6 is 11.6 Å². The Morgan fingerprint density at radius 2 is 1.25 bits per heavy atom. The highest BCUT2D eigenvalue weighted by Gasteiger charge is 2.36. The first kappa shape index (κ1) is 20.8. The monoisotopic (exact) mass is 398 g/mol. The second-order valence-corrected chi connectivity index (χ2v) is 8.66. The SMILES string of the molecule is C[S+](C)c1ccc(-c2ccc(Cl)cc2)cc1.O=S(=O)([O-])C(F)(F)F. The van der Waals surface area contributed by atoms with Crippen molar-refractivity contribution in [2.24, 2.45) is 0 Å². The molecule has 0 aliphatic heterocycles. The van der Waals surface area contributed by atoms with Crippen LogP contribution in [0, 0.1) is 0 Å². The standard InChI is InChI=1S/C14H14ClS.CHF3O3S/c1-16(2)14-9-5-12(6-10-14)11-3-7-13(15)8-4-11;2-1(3,4)8(5,6)7/h3-10H,1-2H3;(H,5,6,7)/q+1;/p-1. The highest BCUT2D eigenvalue weighted by atomic mass is 35.5. The van der Waals surface area contributed by atoms with E-state index in [1.165, 1.54) is 16.0 Å². The largest absolute Gasteiger partial charge is 0.741 e. The summed E-state index contributed by atoms with van der Waals surface area (Å²) in [5, 5.41) is 0.782. The summed E-state index contributed by atoms with van der Waals surface area (Å²) >= 11 is 5.87. The minimum absolute atomic E-state index is 0.332. The molecule has 24 heavy (non-hydrogen) atoms. The highest BCUT2D eigenvalue weighted by molar-refractivity contribution is 7.95. The van der Waals surface area contributed by atoms with E-state index in [0.717, 1.165) is 5.02 Å². The summed E-state index contributed by atoms with van der Waals surface area (Å²) in [7, 11) is -5.76. The molecule has 2 aromatic rings. The third-order valence-corrected chi connectivity index (χ3v) is 4.82. The van der Waals surface area contributed by atoms with Gasteiger partial charge in [0, 0.05) is 15.9 Å². The molecular formula is C15H14ClF3O3S2. The molecule has 0 aliphatic rings. The van der Waals surface area contributed by atoms with Crippen LogP contribution in [-0.4, -0.2) is 31.0 Å². The molecule has 0 atom stereocenters. The van der Waals surface area contributed by atoms with Gasteiger partial charge in [0.15, 0.2) is 15.0 Å². The molecule has 0 amide bonds. The highest BCUT2D eigenvalue weighted by Crippen LogP contribution is 2.23. The van der Waals surface area contributed by atoms with E-state index in [0.29, 0.717) is 10.9 Å². The Hall–Kier alpha value is -1.22. The van der Waals surface area contributed by atoms with Crippen molar-refractivity contribution < 1.29 is 26.1 Å². The first-order valence-electron chi connectivity index (χ1n) is 6.37. The molecule has 0 spiro atoms. The molecule has 2 rings (SSSR count). The summed E-state index contributed by atoms with van der Waals surface area (Å²) in [6, 6.07) is 16.7. The summed E-state index contributed by atoms with van der Waals surface area (Å²) in [5.41, 5.74) is -3.19. The fourth-order valence-corrected chi connectivity index (χ4v) is 2.37. The van der Waals surface area contributed by atoms with Gasteiger partial charge in [-0.2, -0.15) is 13.2 Å². The van der Waals surface area contributed by atoms with E-state index < -0.39 is 15.6 Å². The third kappa shape index (κ3) is 6.35. The maximum Gasteiger partial charge on any atom is 0.485 e. The summed E-state index contributed by atoms with van der Waals surface area (Å²) in [5.74, 6) is 0. The summed E-state index contributed by atoms with van der Waals surface area (Å²) in [6.45, 7) is 0. The lowest BCUT2D eigenvalue weighted by Crippen LogP contribution is -2.21. The van der Waals surface area contributed by atoms with E-state index >= 15 is 0 Å². The zero-order valence-corrected chi connectivity index (χ0v) is 15.1. The van der Waals surface area contributed by atoms with Crippen LogP contribution in [-0.2, 0) is 21.0 Å². The number of alkyl halides is 3. The maximum absolute atomic E-state index is 10.7. The van der Waals surface area contributed by atoms with Gasteiger partial charge in [0.1, 0.15) is 12.5 Å². The van der Waals surface area contributed by atoms with Gasteiger partial charge in [0.25, 0.3) is 0 Å². The fraction of sp³-hybridized carbons (Fsp3) is 0.200. The van der Waals surface area contributed by atoms with Crippen molar-refractivity contribution in [1.82, 2.24) is 0 Å². The fourth-order valence-electron chi connectivity index (χ4n) is 1.56. The second-order valence-electron chi connectivity index (χ2n) is 4.75. The molecule has 2 aromatic carbocycles. The number of hydrogen-bond acceptors (Lipinski definition) is 3. The predicted octanol–water partition coefficient (Wildman–Crippen LogP) is 4.30. The molecule has 0 aliphatic carbocycles. The maximum atomic E-state index is 10.7. The number of benzene rings is 2. The van der Waals surface area contributed by atoms with Crippen LogP contribution in [0.3, 0.4) is 0 Å². The summed E-state index contributed by atoms with van der Waals surface area (Å²) < 4.78 is 58.9. The lowest BCUT2D eigenvalue weighted by atomic mass is 10.1. The van der Waals surface area contributed by atoms with Crippen molar-refractivity contribution in [3.63, 3.8) is 0 Å². The van der Waals surface area contributed by atoms with Crippen LogP contribution in [0.4, 0.5) is 13.2 Å². The first-order chi connectivity index (χ1) is 10.9. The topological polar surface area (TPSA) is 57.2 Å². The number of halogens is 4. The molecule has 3 nitrogen and oxygen atoms in total. The minimum atomic E-state index is -6.09. The Morgan fingerprint density at radius 1 is 0.917 bits per heavy atom. The number of rotatable bonds is 2. The lowest BCUT2D eigenvalue weighted by Gasteiger charge is -2.08. The molecule has 9 heteroatoms. The van der Waals surface area contributed by atoms with Crippen LogP contribution < -0.4 is 0 Å².